The van der Waals surface area contributed by atoms with Crippen molar-refractivity contribution in [2.24, 2.45) is 0 Å². The predicted octanol–water partition coefficient (Wildman–Crippen LogP) is 0.741. The molecule has 4 nitrogen and oxygen atoms in total. The third-order valence-electron chi connectivity index (χ3n) is 2.81. The highest BCUT2D eigenvalue weighted by atomic mass is 16.5. The molecule has 15 heavy (non-hydrogen) atoms. The van der Waals surface area contributed by atoms with Gasteiger partial charge in [-0.2, -0.15) is 0 Å². The van der Waals surface area contributed by atoms with Crippen molar-refractivity contribution in [1.82, 2.24) is 5.32 Å². The first-order valence-electron chi connectivity index (χ1n) is 5.09. The zero-order valence-electron chi connectivity index (χ0n) is 8.25. The number of nitrogens with one attached hydrogen (secondary N) is 2. The van der Waals surface area contributed by atoms with Gasteiger partial charge in [0.2, 0.25) is 0 Å². The van der Waals surface area contributed by atoms with Crippen LogP contribution in [0.4, 0.5) is 5.69 Å². The number of carbonyl (C=O) groups excluding carboxylic acids is 1. The van der Waals surface area contributed by atoms with E-state index < -0.39 is 0 Å². The topological polar surface area (TPSA) is 50.4 Å². The highest BCUT2D eigenvalue weighted by Gasteiger charge is 2.25. The van der Waals surface area contributed by atoms with Gasteiger partial charge in [-0.25, -0.2) is 0 Å². The molecule has 0 radical (unpaired) electrons. The van der Waals surface area contributed by atoms with E-state index in [1.54, 1.807) is 0 Å². The van der Waals surface area contributed by atoms with E-state index in [2.05, 4.69) is 10.6 Å². The fourth-order valence-electron chi connectivity index (χ4n) is 1.94. The van der Waals surface area contributed by atoms with Crippen LogP contribution in [0.5, 0.6) is 0 Å². The number of rotatable bonds is 2. The summed E-state index contributed by atoms with van der Waals surface area (Å²) in [5.41, 5.74) is 2.80. The molecule has 3 rings (SSSR count). The number of hydrogen-bond donors (Lipinski definition) is 2. The van der Waals surface area contributed by atoms with Gasteiger partial charge in [0, 0.05) is 12.2 Å². The summed E-state index contributed by atoms with van der Waals surface area (Å²) in [6.07, 6.45) is 0. The van der Waals surface area contributed by atoms with Crippen molar-refractivity contribution in [3.8, 4) is 0 Å². The summed E-state index contributed by atoms with van der Waals surface area (Å²) in [6, 6.07) is 6.25. The Kier molecular flexibility index (Phi) is 1.89. The maximum Gasteiger partial charge on any atom is 0.253 e. The van der Waals surface area contributed by atoms with Crippen molar-refractivity contribution < 1.29 is 9.53 Å². The van der Waals surface area contributed by atoms with Crippen LogP contribution < -0.4 is 10.6 Å². The SMILES string of the molecule is O=C1NCc2cccc(NC3COC3)c21. The Labute approximate surface area is 87.6 Å². The number of benzene rings is 1. The van der Waals surface area contributed by atoms with Crippen LogP contribution in [0, 0.1) is 0 Å². The zero-order chi connectivity index (χ0) is 10.3. The molecule has 0 saturated carbocycles. The van der Waals surface area contributed by atoms with Crippen molar-refractivity contribution in [1.29, 1.82) is 0 Å². The molecule has 1 saturated heterocycles. The van der Waals surface area contributed by atoms with Crippen LogP contribution in [0.15, 0.2) is 18.2 Å². The second-order valence-corrected chi connectivity index (χ2v) is 3.90. The molecular formula is C11H12N2O2. The van der Waals surface area contributed by atoms with Crippen LogP contribution in [-0.2, 0) is 11.3 Å². The first kappa shape index (κ1) is 8.73. The molecule has 0 spiro atoms. The minimum absolute atomic E-state index is 0.0216. The smallest absolute Gasteiger partial charge is 0.253 e. The largest absolute Gasteiger partial charge is 0.377 e. The number of hydrogen-bond acceptors (Lipinski definition) is 3. The summed E-state index contributed by atoms with van der Waals surface area (Å²) in [6.45, 7) is 2.10. The normalized spacial score (nSPS) is 19.3. The molecule has 0 aliphatic carbocycles. The number of anilines is 1. The third-order valence-corrected chi connectivity index (χ3v) is 2.81. The van der Waals surface area contributed by atoms with Crippen molar-refractivity contribution >= 4 is 11.6 Å². The number of amides is 1. The van der Waals surface area contributed by atoms with Gasteiger partial charge >= 0.3 is 0 Å². The molecule has 0 bridgehead atoms. The Bertz CT molecular complexity index is 413. The summed E-state index contributed by atoms with van der Waals surface area (Å²) in [5.74, 6) is 0.0216. The van der Waals surface area contributed by atoms with E-state index in [1.165, 1.54) is 0 Å². The lowest BCUT2D eigenvalue weighted by molar-refractivity contribution is 0.0211. The molecule has 1 aromatic carbocycles. The minimum atomic E-state index is 0.0216. The first-order chi connectivity index (χ1) is 7.34. The first-order valence-corrected chi connectivity index (χ1v) is 5.09. The highest BCUT2D eigenvalue weighted by Crippen LogP contribution is 2.25. The van der Waals surface area contributed by atoms with E-state index in [0.29, 0.717) is 12.6 Å². The third kappa shape index (κ3) is 1.37. The van der Waals surface area contributed by atoms with Gasteiger partial charge in [-0.3, -0.25) is 4.79 Å². The average molecular weight is 204 g/mol. The molecule has 78 valence electrons. The molecule has 0 atom stereocenters. The van der Waals surface area contributed by atoms with Crippen LogP contribution in [-0.4, -0.2) is 25.2 Å². The lowest BCUT2D eigenvalue weighted by Crippen LogP contribution is -2.40. The Balaban J connectivity index is 1.93. The second kappa shape index (κ2) is 3.24. The van der Waals surface area contributed by atoms with Crippen LogP contribution in [0.2, 0.25) is 0 Å². The molecule has 0 unspecified atom stereocenters. The molecule has 2 N–H and O–H groups in total. The second-order valence-electron chi connectivity index (χ2n) is 3.90. The Morgan fingerprint density at radius 1 is 1.40 bits per heavy atom. The van der Waals surface area contributed by atoms with Crippen LogP contribution in [0.1, 0.15) is 15.9 Å². The van der Waals surface area contributed by atoms with Crippen LogP contribution in [0.3, 0.4) is 0 Å². The van der Waals surface area contributed by atoms with E-state index in [-0.39, 0.29) is 5.91 Å². The van der Waals surface area contributed by atoms with Crippen molar-refractivity contribution in [2.45, 2.75) is 12.6 Å². The lowest BCUT2D eigenvalue weighted by Gasteiger charge is -2.28. The summed E-state index contributed by atoms with van der Waals surface area (Å²) < 4.78 is 5.09. The predicted molar refractivity (Wildman–Crippen MR) is 55.8 cm³/mol. The average Bonchev–Trinajstić information content (AvgIpc) is 2.55. The van der Waals surface area contributed by atoms with E-state index in [4.69, 9.17) is 4.74 Å². The van der Waals surface area contributed by atoms with Gasteiger partial charge in [0.15, 0.2) is 0 Å². The minimum Gasteiger partial charge on any atom is -0.377 e. The van der Waals surface area contributed by atoms with Gasteiger partial charge in [-0.15, -0.1) is 0 Å². The summed E-state index contributed by atoms with van der Waals surface area (Å²) >= 11 is 0. The van der Waals surface area contributed by atoms with E-state index >= 15 is 0 Å². The van der Waals surface area contributed by atoms with Gasteiger partial charge in [-0.05, 0) is 11.6 Å². The fourth-order valence-corrected chi connectivity index (χ4v) is 1.94. The lowest BCUT2D eigenvalue weighted by atomic mass is 10.1. The van der Waals surface area contributed by atoms with E-state index in [0.717, 1.165) is 30.0 Å². The molecule has 0 aromatic heterocycles. The van der Waals surface area contributed by atoms with Crippen LogP contribution >= 0.6 is 0 Å². The zero-order valence-corrected chi connectivity index (χ0v) is 8.25. The van der Waals surface area contributed by atoms with Gasteiger partial charge in [-0.1, -0.05) is 12.1 Å². The molecule has 4 heteroatoms. The molecule has 1 amide bonds. The summed E-state index contributed by atoms with van der Waals surface area (Å²) in [4.78, 5) is 11.6. The molecule has 2 aliphatic rings. The fraction of sp³-hybridized carbons (Fsp3) is 0.364. The van der Waals surface area contributed by atoms with Gasteiger partial charge in [0.05, 0.1) is 24.8 Å². The van der Waals surface area contributed by atoms with E-state index in [1.807, 2.05) is 18.2 Å². The van der Waals surface area contributed by atoms with Gasteiger partial charge < -0.3 is 15.4 Å². The van der Waals surface area contributed by atoms with Crippen LogP contribution in [0.25, 0.3) is 0 Å². The number of carbonyl (C=O) groups is 1. The Hall–Kier alpha value is -1.55. The Morgan fingerprint density at radius 3 is 3.00 bits per heavy atom. The Morgan fingerprint density at radius 2 is 2.27 bits per heavy atom. The number of ether oxygens (including phenoxy) is 1. The number of fused-ring (bicyclic) bond motifs is 1. The van der Waals surface area contributed by atoms with Gasteiger partial charge in [0.1, 0.15) is 0 Å². The van der Waals surface area contributed by atoms with Crippen molar-refractivity contribution in [3.05, 3.63) is 29.3 Å². The monoisotopic (exact) mass is 204 g/mol. The highest BCUT2D eigenvalue weighted by molar-refractivity contribution is 6.03. The van der Waals surface area contributed by atoms with Gasteiger partial charge in [0.25, 0.3) is 5.91 Å². The van der Waals surface area contributed by atoms with E-state index in [9.17, 15) is 4.79 Å². The quantitative estimate of drug-likeness (QED) is 0.747. The van der Waals surface area contributed by atoms with Crippen molar-refractivity contribution in [3.63, 3.8) is 0 Å². The van der Waals surface area contributed by atoms with Crippen molar-refractivity contribution in [2.75, 3.05) is 18.5 Å². The molecule has 2 aliphatic heterocycles. The summed E-state index contributed by atoms with van der Waals surface area (Å²) in [7, 11) is 0. The maximum absolute atomic E-state index is 11.6. The molecule has 1 fully saturated rings. The summed E-state index contributed by atoms with van der Waals surface area (Å²) in [5, 5.41) is 6.15. The maximum atomic E-state index is 11.6. The molecular weight excluding hydrogens is 192 g/mol. The molecule has 2 heterocycles. The molecule has 1 aromatic rings. The standard InChI is InChI=1S/C11H12N2O2/c14-11-10-7(4-12-11)2-1-3-9(10)13-8-5-15-6-8/h1-3,8,13H,4-6H2,(H,12,14).